The molecule has 0 bridgehead atoms. The molecule has 2 rings (SSSR count). The third-order valence-electron chi connectivity index (χ3n) is 2.65. The summed E-state index contributed by atoms with van der Waals surface area (Å²) in [6.07, 6.45) is 1.10. The number of ether oxygens (including phenoxy) is 1. The molecule has 0 aromatic heterocycles. The highest BCUT2D eigenvalue weighted by atomic mass is 35.5. The molecule has 2 aromatic carbocycles. The highest BCUT2D eigenvalue weighted by molar-refractivity contribution is 7.90. The molecule has 0 heterocycles. The van der Waals surface area contributed by atoms with Crippen LogP contribution < -0.4 is 4.74 Å². The molecule has 3 nitrogen and oxygen atoms in total. The van der Waals surface area contributed by atoms with E-state index in [9.17, 15) is 12.8 Å². The number of sulfone groups is 1. The lowest BCUT2D eigenvalue weighted by Crippen LogP contribution is -1.98. The minimum Gasteiger partial charge on any atom is -0.454 e. The van der Waals surface area contributed by atoms with E-state index in [-0.39, 0.29) is 22.3 Å². The third-order valence-corrected chi connectivity index (χ3v) is 4.04. The van der Waals surface area contributed by atoms with Gasteiger partial charge in [-0.15, -0.1) is 11.6 Å². The van der Waals surface area contributed by atoms with Gasteiger partial charge < -0.3 is 4.74 Å². The second-order valence-corrected chi connectivity index (χ2v) is 6.49. The maximum Gasteiger partial charge on any atom is 0.175 e. The first-order valence-electron chi connectivity index (χ1n) is 5.73. The largest absolute Gasteiger partial charge is 0.454 e. The summed E-state index contributed by atoms with van der Waals surface area (Å²) in [5.74, 6) is -0.204. The van der Waals surface area contributed by atoms with Crippen LogP contribution in [0, 0.1) is 5.82 Å². The fraction of sp³-hybridized carbons (Fsp3) is 0.143. The summed E-state index contributed by atoms with van der Waals surface area (Å²) >= 11 is 5.73. The Bertz CT molecular complexity index is 729. The molecular weight excluding hydrogens is 303 g/mol. The molecule has 0 aliphatic rings. The Balaban J connectivity index is 2.41. The smallest absolute Gasteiger partial charge is 0.175 e. The van der Waals surface area contributed by atoms with E-state index in [2.05, 4.69) is 0 Å². The van der Waals surface area contributed by atoms with Gasteiger partial charge in [0.25, 0.3) is 0 Å². The molecule has 0 N–H and O–H groups in total. The quantitative estimate of drug-likeness (QED) is 0.807. The van der Waals surface area contributed by atoms with Crippen molar-refractivity contribution < 1.29 is 17.5 Å². The van der Waals surface area contributed by atoms with Crippen LogP contribution >= 0.6 is 11.6 Å². The van der Waals surface area contributed by atoms with E-state index in [1.54, 1.807) is 12.1 Å². The zero-order valence-electron chi connectivity index (χ0n) is 10.6. The Labute approximate surface area is 121 Å². The second-order valence-electron chi connectivity index (χ2n) is 4.21. The molecule has 2 aromatic rings. The van der Waals surface area contributed by atoms with Crippen LogP contribution in [0.25, 0.3) is 0 Å². The predicted molar refractivity (Wildman–Crippen MR) is 75.6 cm³/mol. The standard InChI is InChI=1S/C14H12ClFO3S/c1-20(17,18)12-6-3-5-11(8-12)19-14-10(9-15)4-2-7-13(14)16/h2-8H,9H2,1H3. The summed E-state index contributed by atoms with van der Waals surface area (Å²) < 4.78 is 42.2. The summed E-state index contributed by atoms with van der Waals surface area (Å²) in [6, 6.07) is 10.3. The van der Waals surface area contributed by atoms with Crippen LogP contribution in [0.15, 0.2) is 47.4 Å². The topological polar surface area (TPSA) is 43.4 Å². The second kappa shape index (κ2) is 5.81. The number of benzene rings is 2. The molecule has 0 aliphatic heterocycles. The Morgan fingerprint density at radius 3 is 2.55 bits per heavy atom. The fourth-order valence-electron chi connectivity index (χ4n) is 1.66. The first-order valence-corrected chi connectivity index (χ1v) is 8.16. The normalized spacial score (nSPS) is 11.3. The first-order chi connectivity index (χ1) is 9.41. The molecule has 6 heteroatoms. The van der Waals surface area contributed by atoms with Crippen molar-refractivity contribution in [1.29, 1.82) is 0 Å². The van der Waals surface area contributed by atoms with Gasteiger partial charge in [0.2, 0.25) is 0 Å². The Hall–Kier alpha value is -1.59. The molecule has 0 saturated carbocycles. The van der Waals surface area contributed by atoms with Crippen LogP contribution in [0.5, 0.6) is 11.5 Å². The van der Waals surface area contributed by atoms with Gasteiger partial charge in [-0.25, -0.2) is 12.8 Å². The van der Waals surface area contributed by atoms with Crippen LogP contribution in [0.2, 0.25) is 0 Å². The highest BCUT2D eigenvalue weighted by Gasteiger charge is 2.12. The Morgan fingerprint density at radius 1 is 1.20 bits per heavy atom. The van der Waals surface area contributed by atoms with Crippen molar-refractivity contribution in [1.82, 2.24) is 0 Å². The van der Waals surface area contributed by atoms with E-state index in [0.29, 0.717) is 5.56 Å². The van der Waals surface area contributed by atoms with Gasteiger partial charge in [-0.1, -0.05) is 18.2 Å². The van der Waals surface area contributed by atoms with Crippen molar-refractivity contribution in [2.75, 3.05) is 6.26 Å². The molecule has 106 valence electrons. The van der Waals surface area contributed by atoms with Crippen LogP contribution in [0.3, 0.4) is 0 Å². The zero-order valence-corrected chi connectivity index (χ0v) is 12.2. The first kappa shape index (κ1) is 14.8. The van der Waals surface area contributed by atoms with Crippen molar-refractivity contribution in [3.8, 4) is 11.5 Å². The SMILES string of the molecule is CS(=O)(=O)c1cccc(Oc2c(F)cccc2CCl)c1. The van der Waals surface area contributed by atoms with Gasteiger partial charge in [0.1, 0.15) is 5.75 Å². The van der Waals surface area contributed by atoms with Gasteiger partial charge in [-0.2, -0.15) is 0 Å². The molecule has 0 atom stereocenters. The van der Waals surface area contributed by atoms with Crippen molar-refractivity contribution in [2.24, 2.45) is 0 Å². The van der Waals surface area contributed by atoms with Gasteiger partial charge in [0.15, 0.2) is 21.4 Å². The van der Waals surface area contributed by atoms with Crippen molar-refractivity contribution >= 4 is 21.4 Å². The Kier molecular flexibility index (Phi) is 4.30. The number of hydrogen-bond donors (Lipinski definition) is 0. The van der Waals surface area contributed by atoms with E-state index in [1.165, 1.54) is 30.3 Å². The van der Waals surface area contributed by atoms with Crippen molar-refractivity contribution in [3.63, 3.8) is 0 Å². The molecule has 0 unspecified atom stereocenters. The molecule has 0 fully saturated rings. The summed E-state index contributed by atoms with van der Waals surface area (Å²) in [5, 5.41) is 0. The van der Waals surface area contributed by atoms with Crippen LogP contribution in [0.1, 0.15) is 5.56 Å². The summed E-state index contributed by atoms with van der Waals surface area (Å²) in [5.41, 5.74) is 0.497. The number of alkyl halides is 1. The lowest BCUT2D eigenvalue weighted by Gasteiger charge is -2.11. The van der Waals surface area contributed by atoms with E-state index >= 15 is 0 Å². The van der Waals surface area contributed by atoms with Gasteiger partial charge in [-0.3, -0.25) is 0 Å². The molecular formula is C14H12ClFO3S. The van der Waals surface area contributed by atoms with Crippen LogP contribution in [-0.4, -0.2) is 14.7 Å². The fourth-order valence-corrected chi connectivity index (χ4v) is 2.53. The van der Waals surface area contributed by atoms with Gasteiger partial charge in [0, 0.05) is 11.8 Å². The molecule has 0 amide bonds. The van der Waals surface area contributed by atoms with Gasteiger partial charge >= 0.3 is 0 Å². The average Bonchev–Trinajstić information content (AvgIpc) is 2.40. The van der Waals surface area contributed by atoms with E-state index < -0.39 is 15.7 Å². The lowest BCUT2D eigenvalue weighted by molar-refractivity contribution is 0.437. The lowest BCUT2D eigenvalue weighted by atomic mass is 10.2. The maximum absolute atomic E-state index is 13.8. The highest BCUT2D eigenvalue weighted by Crippen LogP contribution is 2.30. The number of halogens is 2. The van der Waals surface area contributed by atoms with E-state index in [1.807, 2.05) is 0 Å². The Morgan fingerprint density at radius 2 is 1.90 bits per heavy atom. The molecule has 0 spiro atoms. The van der Waals surface area contributed by atoms with E-state index in [0.717, 1.165) is 6.26 Å². The molecule has 0 saturated heterocycles. The molecule has 0 radical (unpaired) electrons. The molecule has 20 heavy (non-hydrogen) atoms. The monoisotopic (exact) mass is 314 g/mol. The van der Waals surface area contributed by atoms with Gasteiger partial charge in [0.05, 0.1) is 10.8 Å². The third kappa shape index (κ3) is 3.29. The van der Waals surface area contributed by atoms with Crippen LogP contribution in [0.4, 0.5) is 4.39 Å². The van der Waals surface area contributed by atoms with E-state index in [4.69, 9.17) is 16.3 Å². The van der Waals surface area contributed by atoms with Gasteiger partial charge in [-0.05, 0) is 24.3 Å². The number of rotatable bonds is 4. The van der Waals surface area contributed by atoms with Crippen LogP contribution in [-0.2, 0) is 15.7 Å². The number of para-hydroxylation sites is 1. The minimum absolute atomic E-state index is 0.00755. The number of hydrogen-bond acceptors (Lipinski definition) is 3. The maximum atomic E-state index is 13.8. The summed E-state index contributed by atoms with van der Waals surface area (Å²) in [7, 11) is -3.34. The summed E-state index contributed by atoms with van der Waals surface area (Å²) in [6.45, 7) is 0. The summed E-state index contributed by atoms with van der Waals surface area (Å²) in [4.78, 5) is 0.110. The molecule has 0 aliphatic carbocycles. The zero-order chi connectivity index (χ0) is 14.8. The minimum atomic E-state index is -3.34. The van der Waals surface area contributed by atoms with Crippen molar-refractivity contribution in [3.05, 3.63) is 53.8 Å². The van der Waals surface area contributed by atoms with Crippen molar-refractivity contribution in [2.45, 2.75) is 10.8 Å². The average molecular weight is 315 g/mol. The predicted octanol–water partition coefficient (Wildman–Crippen LogP) is 3.76.